The summed E-state index contributed by atoms with van der Waals surface area (Å²) >= 11 is 0. The van der Waals surface area contributed by atoms with Crippen molar-refractivity contribution in [3.05, 3.63) is 37.1 Å². The maximum atomic E-state index is 4.28. The van der Waals surface area contributed by atoms with Gasteiger partial charge in [-0.05, 0) is 12.1 Å². The number of fused-ring (bicyclic) bond motifs is 1. The first-order valence-electron chi connectivity index (χ1n) is 8.20. The highest BCUT2D eigenvalue weighted by Crippen LogP contribution is 2.16. The van der Waals surface area contributed by atoms with Crippen LogP contribution in [0.1, 0.15) is 0 Å². The minimum Gasteiger partial charge on any atom is -0.368 e. The van der Waals surface area contributed by atoms with Crippen LogP contribution < -0.4 is 16.0 Å². The third-order valence-electron chi connectivity index (χ3n) is 3.79. The highest BCUT2D eigenvalue weighted by atomic mass is 15.3. The first-order valence-corrected chi connectivity index (χ1v) is 8.20. The summed E-state index contributed by atoms with van der Waals surface area (Å²) in [7, 11) is 3.63. The first-order chi connectivity index (χ1) is 12.3. The van der Waals surface area contributed by atoms with Crippen molar-refractivity contribution in [3.63, 3.8) is 0 Å². The zero-order chi connectivity index (χ0) is 17.5. The Morgan fingerprint density at radius 1 is 1.12 bits per heavy atom. The number of hydrogen-bond donors (Lipinski definition) is 3. The monoisotopic (exact) mass is 341 g/mol. The lowest BCUT2D eigenvalue weighted by atomic mass is 10.4. The van der Waals surface area contributed by atoms with Crippen LogP contribution in [0.5, 0.6) is 0 Å². The standard InChI is InChI=1S/C16H23N9/c1-17-16(20-7-10-25-8-3-4-9-25)19-6-5-18-14-13-11-23-24(2)15(13)22-12-21-14/h3-4,8-9,11-12H,5-7,10H2,1-2H3,(H2,17,19,20)(H,18,21,22). The second-order valence-corrected chi connectivity index (χ2v) is 5.50. The van der Waals surface area contributed by atoms with Gasteiger partial charge in [0.2, 0.25) is 0 Å². The van der Waals surface area contributed by atoms with Gasteiger partial charge in [-0.15, -0.1) is 0 Å². The van der Waals surface area contributed by atoms with Crippen LogP contribution in [-0.4, -0.2) is 57.0 Å². The molecule has 0 fully saturated rings. The van der Waals surface area contributed by atoms with Gasteiger partial charge < -0.3 is 20.5 Å². The van der Waals surface area contributed by atoms with Crippen molar-refractivity contribution >= 4 is 22.8 Å². The molecule has 3 aromatic rings. The van der Waals surface area contributed by atoms with Gasteiger partial charge in [0.1, 0.15) is 12.1 Å². The quantitative estimate of drug-likeness (QED) is 0.328. The molecule has 3 aromatic heterocycles. The van der Waals surface area contributed by atoms with Crippen LogP contribution in [0.3, 0.4) is 0 Å². The lowest BCUT2D eigenvalue weighted by Crippen LogP contribution is -2.40. The van der Waals surface area contributed by atoms with E-state index in [-0.39, 0.29) is 0 Å². The maximum Gasteiger partial charge on any atom is 0.191 e. The Balaban J connectivity index is 1.42. The molecule has 9 heteroatoms. The molecular weight excluding hydrogens is 318 g/mol. The normalized spacial score (nSPS) is 11.7. The van der Waals surface area contributed by atoms with E-state index in [0.717, 1.165) is 42.4 Å². The molecule has 0 aliphatic rings. The molecule has 0 aliphatic carbocycles. The average molecular weight is 341 g/mol. The van der Waals surface area contributed by atoms with Crippen LogP contribution in [0.15, 0.2) is 42.0 Å². The van der Waals surface area contributed by atoms with Crippen LogP contribution in [0, 0.1) is 0 Å². The van der Waals surface area contributed by atoms with Crippen molar-refractivity contribution in [1.82, 2.24) is 34.9 Å². The van der Waals surface area contributed by atoms with Crippen molar-refractivity contribution in [2.45, 2.75) is 6.54 Å². The van der Waals surface area contributed by atoms with Crippen molar-refractivity contribution in [2.75, 3.05) is 32.0 Å². The van der Waals surface area contributed by atoms with Crippen LogP contribution >= 0.6 is 0 Å². The summed E-state index contributed by atoms with van der Waals surface area (Å²) in [6.45, 7) is 3.13. The SMILES string of the molecule is CN=C(NCCNc1ncnc2c1cnn2C)NCCn1cccc1. The van der Waals surface area contributed by atoms with E-state index < -0.39 is 0 Å². The lowest BCUT2D eigenvalue weighted by molar-refractivity contribution is 0.666. The van der Waals surface area contributed by atoms with E-state index in [2.05, 4.69) is 40.6 Å². The Labute approximate surface area is 146 Å². The van der Waals surface area contributed by atoms with Gasteiger partial charge in [-0.1, -0.05) is 0 Å². The maximum absolute atomic E-state index is 4.28. The van der Waals surface area contributed by atoms with Gasteiger partial charge in [0.25, 0.3) is 0 Å². The fourth-order valence-corrected chi connectivity index (χ4v) is 2.51. The molecule has 0 spiro atoms. The zero-order valence-corrected chi connectivity index (χ0v) is 14.5. The van der Waals surface area contributed by atoms with E-state index in [4.69, 9.17) is 0 Å². The molecule has 0 aliphatic heterocycles. The predicted octanol–water partition coefficient (Wildman–Crippen LogP) is 0.442. The molecule has 3 rings (SSSR count). The fourth-order valence-electron chi connectivity index (χ4n) is 2.51. The molecular formula is C16H23N9. The molecule has 9 nitrogen and oxygen atoms in total. The van der Waals surface area contributed by atoms with Crippen LogP contribution in [-0.2, 0) is 13.6 Å². The largest absolute Gasteiger partial charge is 0.368 e. The molecule has 0 unspecified atom stereocenters. The highest BCUT2D eigenvalue weighted by molar-refractivity contribution is 5.86. The molecule has 0 saturated heterocycles. The molecule has 0 aromatic carbocycles. The van der Waals surface area contributed by atoms with E-state index in [1.54, 1.807) is 24.3 Å². The van der Waals surface area contributed by atoms with Crippen molar-refractivity contribution in [1.29, 1.82) is 0 Å². The minimum atomic E-state index is 0.708. The van der Waals surface area contributed by atoms with Gasteiger partial charge in [-0.25, -0.2) is 9.97 Å². The summed E-state index contributed by atoms with van der Waals surface area (Å²) in [6, 6.07) is 4.04. The molecule has 0 radical (unpaired) electrons. The smallest absolute Gasteiger partial charge is 0.191 e. The average Bonchev–Trinajstić information content (AvgIpc) is 3.28. The highest BCUT2D eigenvalue weighted by Gasteiger charge is 2.06. The van der Waals surface area contributed by atoms with Crippen LogP contribution in [0.2, 0.25) is 0 Å². The number of aryl methyl sites for hydroxylation is 1. The number of guanidine groups is 1. The summed E-state index contributed by atoms with van der Waals surface area (Å²) in [5, 5.41) is 15.0. The van der Waals surface area contributed by atoms with E-state index in [0.29, 0.717) is 6.54 Å². The Kier molecular flexibility index (Phi) is 5.45. The molecule has 25 heavy (non-hydrogen) atoms. The van der Waals surface area contributed by atoms with Gasteiger partial charge in [-0.3, -0.25) is 9.67 Å². The fraction of sp³-hybridized carbons (Fsp3) is 0.375. The van der Waals surface area contributed by atoms with Gasteiger partial charge >= 0.3 is 0 Å². The molecule has 132 valence electrons. The van der Waals surface area contributed by atoms with Crippen molar-refractivity contribution in [3.8, 4) is 0 Å². The second kappa shape index (κ2) is 8.13. The topological polar surface area (TPSA) is 97.0 Å². The Hall–Kier alpha value is -3.10. The van der Waals surface area contributed by atoms with E-state index in [1.165, 1.54) is 0 Å². The summed E-state index contributed by atoms with van der Waals surface area (Å²) in [6.07, 6.45) is 7.40. The summed E-state index contributed by atoms with van der Waals surface area (Å²) < 4.78 is 3.85. The summed E-state index contributed by atoms with van der Waals surface area (Å²) in [5.74, 6) is 1.57. The van der Waals surface area contributed by atoms with Gasteiger partial charge in [-0.2, -0.15) is 5.10 Å². The second-order valence-electron chi connectivity index (χ2n) is 5.50. The predicted molar refractivity (Wildman–Crippen MR) is 98.6 cm³/mol. The number of hydrogen-bond acceptors (Lipinski definition) is 5. The number of aliphatic imine (C=N–C) groups is 1. The lowest BCUT2D eigenvalue weighted by Gasteiger charge is -2.13. The van der Waals surface area contributed by atoms with Crippen molar-refractivity contribution < 1.29 is 0 Å². The van der Waals surface area contributed by atoms with Gasteiger partial charge in [0, 0.05) is 52.7 Å². The van der Waals surface area contributed by atoms with Crippen molar-refractivity contribution in [2.24, 2.45) is 12.0 Å². The Morgan fingerprint density at radius 3 is 2.72 bits per heavy atom. The Morgan fingerprint density at radius 2 is 1.92 bits per heavy atom. The number of nitrogens with one attached hydrogen (secondary N) is 3. The Bertz CT molecular complexity index is 819. The minimum absolute atomic E-state index is 0.708. The van der Waals surface area contributed by atoms with Crippen LogP contribution in [0.4, 0.5) is 5.82 Å². The summed E-state index contributed by atoms with van der Waals surface area (Å²) in [4.78, 5) is 12.7. The summed E-state index contributed by atoms with van der Waals surface area (Å²) in [5.41, 5.74) is 0.813. The van der Waals surface area contributed by atoms with E-state index in [9.17, 15) is 0 Å². The number of aromatic nitrogens is 5. The molecule has 0 amide bonds. The zero-order valence-electron chi connectivity index (χ0n) is 14.5. The number of rotatable bonds is 7. The molecule has 0 saturated carbocycles. The third-order valence-corrected chi connectivity index (χ3v) is 3.79. The van der Waals surface area contributed by atoms with Crippen LogP contribution in [0.25, 0.3) is 11.0 Å². The van der Waals surface area contributed by atoms with E-state index >= 15 is 0 Å². The third kappa shape index (κ3) is 4.25. The van der Waals surface area contributed by atoms with E-state index in [1.807, 2.05) is 31.6 Å². The molecule has 0 bridgehead atoms. The number of nitrogens with zero attached hydrogens (tertiary/aromatic N) is 6. The molecule has 3 heterocycles. The first kappa shape index (κ1) is 16.7. The van der Waals surface area contributed by atoms with Gasteiger partial charge in [0.05, 0.1) is 11.6 Å². The molecule has 3 N–H and O–H groups in total. The molecule has 0 atom stereocenters. The number of anilines is 1. The van der Waals surface area contributed by atoms with Gasteiger partial charge in [0.15, 0.2) is 11.6 Å².